The summed E-state index contributed by atoms with van der Waals surface area (Å²) in [6.07, 6.45) is 3.46. The van der Waals surface area contributed by atoms with Crippen LogP contribution in [0.2, 0.25) is 0 Å². The molecule has 1 unspecified atom stereocenters. The minimum Gasteiger partial charge on any atom is -0.495 e. The average Bonchev–Trinajstić information content (AvgIpc) is 2.68. The molecule has 1 N–H and O–H groups in total. The Kier molecular flexibility index (Phi) is 6.32. The summed E-state index contributed by atoms with van der Waals surface area (Å²) in [4.78, 5) is 21.4. The summed E-state index contributed by atoms with van der Waals surface area (Å²) in [7, 11) is 1.58. The smallest absolute Gasteiger partial charge is 0.416 e. The molecule has 2 aliphatic heterocycles. The molecule has 0 aliphatic carbocycles. The Labute approximate surface area is 155 Å². The number of amides is 1. The predicted molar refractivity (Wildman–Crippen MR) is 99.6 cm³/mol. The maximum Gasteiger partial charge on any atom is 0.416 e. The monoisotopic (exact) mass is 362 g/mol. The Morgan fingerprint density at radius 3 is 2.65 bits per heavy atom. The van der Waals surface area contributed by atoms with Crippen molar-refractivity contribution >= 4 is 6.09 Å². The highest BCUT2D eigenvalue weighted by Gasteiger charge is 2.37. The van der Waals surface area contributed by atoms with Crippen molar-refractivity contribution in [1.29, 1.82) is 0 Å². The fraction of sp³-hybridized carbons (Fsp3) is 0.684. The number of carbonyl (C=O) groups is 1. The van der Waals surface area contributed by atoms with Gasteiger partial charge in [-0.25, -0.2) is 9.78 Å². The van der Waals surface area contributed by atoms with Crippen LogP contribution < -0.4 is 14.8 Å². The minimum absolute atomic E-state index is 0.194. The zero-order valence-corrected chi connectivity index (χ0v) is 16.0. The number of hydrogen-bond acceptors (Lipinski definition) is 6. The van der Waals surface area contributed by atoms with Gasteiger partial charge in [0.05, 0.1) is 19.3 Å². The Morgan fingerprint density at radius 1 is 1.27 bits per heavy atom. The van der Waals surface area contributed by atoms with E-state index in [4.69, 9.17) is 9.47 Å². The van der Waals surface area contributed by atoms with Crippen LogP contribution in [-0.4, -0.2) is 72.8 Å². The largest absolute Gasteiger partial charge is 0.495 e. The van der Waals surface area contributed by atoms with Crippen molar-refractivity contribution in [2.75, 3.05) is 39.8 Å². The second-order valence-electron chi connectivity index (χ2n) is 7.34. The lowest BCUT2D eigenvalue weighted by molar-refractivity contribution is 0.0268. The van der Waals surface area contributed by atoms with E-state index >= 15 is 0 Å². The molecule has 1 atom stereocenters. The van der Waals surface area contributed by atoms with Gasteiger partial charge >= 0.3 is 6.09 Å². The van der Waals surface area contributed by atoms with Crippen molar-refractivity contribution in [3.8, 4) is 11.6 Å². The molecule has 0 aromatic carbocycles. The highest BCUT2D eigenvalue weighted by molar-refractivity contribution is 5.71. The van der Waals surface area contributed by atoms with Gasteiger partial charge in [-0.2, -0.15) is 0 Å². The third-order valence-electron chi connectivity index (χ3n) is 5.48. The van der Waals surface area contributed by atoms with Gasteiger partial charge in [0.1, 0.15) is 5.75 Å². The second kappa shape index (κ2) is 8.68. The summed E-state index contributed by atoms with van der Waals surface area (Å²) in [5.41, 5.74) is 0. The number of ether oxygens (including phenoxy) is 2. The Bertz CT molecular complexity index is 587. The molecule has 0 saturated carbocycles. The predicted octanol–water partition coefficient (Wildman–Crippen LogP) is 1.98. The topological polar surface area (TPSA) is 66.9 Å². The van der Waals surface area contributed by atoms with Gasteiger partial charge in [0.15, 0.2) is 0 Å². The Morgan fingerprint density at radius 2 is 2.04 bits per heavy atom. The van der Waals surface area contributed by atoms with Crippen LogP contribution in [0.5, 0.6) is 11.6 Å². The van der Waals surface area contributed by atoms with Gasteiger partial charge in [-0.1, -0.05) is 0 Å². The molecular formula is C19H30N4O3. The molecule has 1 aromatic heterocycles. The van der Waals surface area contributed by atoms with Crippen molar-refractivity contribution < 1.29 is 14.3 Å². The molecule has 2 fully saturated rings. The number of piperidine rings is 1. The van der Waals surface area contributed by atoms with Crippen LogP contribution >= 0.6 is 0 Å². The SMILES string of the molecule is COc1ccc(OC(=O)N2CCN(C(C)C)CC2C2CCNCC2)nc1. The average molecular weight is 362 g/mol. The van der Waals surface area contributed by atoms with E-state index in [2.05, 4.69) is 29.0 Å². The number of carbonyl (C=O) groups excluding carboxylic acids is 1. The standard InChI is InChI=1S/C19H30N4O3/c1-14(2)22-10-11-23(17(13-22)15-6-8-20-9-7-15)19(24)26-18-5-4-16(25-3)12-21-18/h4-5,12,14-15,17,20H,6-11,13H2,1-3H3. The molecule has 0 bridgehead atoms. The second-order valence-corrected chi connectivity index (χ2v) is 7.34. The summed E-state index contributed by atoms with van der Waals surface area (Å²) in [6, 6.07) is 4.09. The Hall–Kier alpha value is -1.86. The van der Waals surface area contributed by atoms with Crippen molar-refractivity contribution in [2.45, 2.75) is 38.8 Å². The quantitative estimate of drug-likeness (QED) is 0.883. The van der Waals surface area contributed by atoms with Gasteiger partial charge in [-0.3, -0.25) is 4.90 Å². The lowest BCUT2D eigenvalue weighted by Crippen LogP contribution is -2.60. The van der Waals surface area contributed by atoms with Crippen LogP contribution in [-0.2, 0) is 0 Å². The molecule has 1 aromatic rings. The summed E-state index contributed by atoms with van der Waals surface area (Å²) in [5.74, 6) is 1.46. The molecule has 2 saturated heterocycles. The highest BCUT2D eigenvalue weighted by atomic mass is 16.6. The maximum atomic E-state index is 12.8. The van der Waals surface area contributed by atoms with Crippen LogP contribution in [0.3, 0.4) is 0 Å². The van der Waals surface area contributed by atoms with E-state index in [1.54, 1.807) is 25.4 Å². The lowest BCUT2D eigenvalue weighted by atomic mass is 9.87. The Balaban J connectivity index is 1.70. The van der Waals surface area contributed by atoms with Crippen LogP contribution in [0.15, 0.2) is 18.3 Å². The number of rotatable bonds is 4. The molecule has 3 rings (SSSR count). The minimum atomic E-state index is -0.297. The summed E-state index contributed by atoms with van der Waals surface area (Å²) >= 11 is 0. The van der Waals surface area contributed by atoms with E-state index in [1.807, 2.05) is 4.90 Å². The van der Waals surface area contributed by atoms with E-state index < -0.39 is 0 Å². The summed E-state index contributed by atoms with van der Waals surface area (Å²) in [5, 5.41) is 3.41. The van der Waals surface area contributed by atoms with E-state index in [9.17, 15) is 4.79 Å². The summed E-state index contributed by atoms with van der Waals surface area (Å²) in [6.45, 7) is 8.96. The molecule has 0 radical (unpaired) electrons. The lowest BCUT2D eigenvalue weighted by Gasteiger charge is -2.46. The van der Waals surface area contributed by atoms with Gasteiger partial charge in [-0.15, -0.1) is 0 Å². The fourth-order valence-electron chi connectivity index (χ4n) is 3.86. The van der Waals surface area contributed by atoms with Crippen molar-refractivity contribution in [1.82, 2.24) is 20.1 Å². The first kappa shape index (κ1) is 18.9. The molecule has 3 heterocycles. The number of piperazine rings is 1. The van der Waals surface area contributed by atoms with Crippen molar-refractivity contribution in [3.63, 3.8) is 0 Å². The molecule has 7 heteroatoms. The van der Waals surface area contributed by atoms with E-state index in [-0.39, 0.29) is 12.1 Å². The number of nitrogens with one attached hydrogen (secondary N) is 1. The van der Waals surface area contributed by atoms with Crippen LogP contribution in [0.1, 0.15) is 26.7 Å². The zero-order valence-electron chi connectivity index (χ0n) is 16.0. The molecule has 2 aliphatic rings. The highest BCUT2D eigenvalue weighted by Crippen LogP contribution is 2.26. The third-order valence-corrected chi connectivity index (χ3v) is 5.48. The van der Waals surface area contributed by atoms with E-state index in [0.29, 0.717) is 30.1 Å². The zero-order chi connectivity index (χ0) is 18.5. The first-order valence-corrected chi connectivity index (χ1v) is 9.51. The normalized spacial score (nSPS) is 22.5. The number of methoxy groups -OCH3 is 1. The first-order valence-electron chi connectivity index (χ1n) is 9.51. The fourth-order valence-corrected chi connectivity index (χ4v) is 3.86. The van der Waals surface area contributed by atoms with Gasteiger partial charge in [-0.05, 0) is 51.8 Å². The van der Waals surface area contributed by atoms with E-state index in [1.165, 1.54) is 0 Å². The van der Waals surface area contributed by atoms with Crippen LogP contribution in [0, 0.1) is 5.92 Å². The van der Waals surface area contributed by atoms with Crippen LogP contribution in [0.25, 0.3) is 0 Å². The molecule has 144 valence electrons. The molecule has 26 heavy (non-hydrogen) atoms. The molecule has 7 nitrogen and oxygen atoms in total. The third kappa shape index (κ3) is 4.45. The summed E-state index contributed by atoms with van der Waals surface area (Å²) < 4.78 is 10.7. The number of nitrogens with zero attached hydrogens (tertiary/aromatic N) is 3. The molecule has 1 amide bonds. The van der Waals surface area contributed by atoms with Gasteiger partial charge in [0, 0.05) is 31.7 Å². The van der Waals surface area contributed by atoms with Crippen LogP contribution in [0.4, 0.5) is 4.79 Å². The van der Waals surface area contributed by atoms with E-state index in [0.717, 1.165) is 39.0 Å². The van der Waals surface area contributed by atoms with Gasteiger partial charge in [0.25, 0.3) is 0 Å². The van der Waals surface area contributed by atoms with Gasteiger partial charge < -0.3 is 19.7 Å². The maximum absolute atomic E-state index is 12.8. The number of pyridine rings is 1. The van der Waals surface area contributed by atoms with Gasteiger partial charge in [0.2, 0.25) is 5.88 Å². The number of aromatic nitrogens is 1. The number of hydrogen-bond donors (Lipinski definition) is 1. The van der Waals surface area contributed by atoms with Crippen molar-refractivity contribution in [3.05, 3.63) is 18.3 Å². The molecular weight excluding hydrogens is 332 g/mol. The van der Waals surface area contributed by atoms with Crippen molar-refractivity contribution in [2.24, 2.45) is 5.92 Å². The molecule has 0 spiro atoms. The first-order chi connectivity index (χ1) is 12.6.